The molecular weight excluding hydrogens is 356 g/mol. The molecule has 0 fully saturated rings. The van der Waals surface area contributed by atoms with Crippen LogP contribution in [0.2, 0.25) is 0 Å². The quantitative estimate of drug-likeness (QED) is 0.414. The largest absolute Gasteiger partial charge is 0.324 e. The second-order valence-electron chi connectivity index (χ2n) is 6.16. The molecule has 8 nitrogen and oxygen atoms in total. The summed E-state index contributed by atoms with van der Waals surface area (Å²) in [4.78, 5) is 23.4. The molecule has 0 atom stereocenters. The zero-order valence-corrected chi connectivity index (χ0v) is 15.0. The van der Waals surface area contributed by atoms with Crippen molar-refractivity contribution in [3.8, 4) is 16.9 Å². The van der Waals surface area contributed by atoms with Gasteiger partial charge >= 0.3 is 0 Å². The van der Waals surface area contributed by atoms with Gasteiger partial charge in [0.05, 0.1) is 22.6 Å². The number of hydrogen-bond acceptors (Lipinski definition) is 6. The number of nitro benzene ring substituents is 1. The van der Waals surface area contributed by atoms with Crippen LogP contribution in [0.25, 0.3) is 16.9 Å². The van der Waals surface area contributed by atoms with Crippen LogP contribution in [0.15, 0.2) is 73.4 Å². The van der Waals surface area contributed by atoms with Crippen molar-refractivity contribution in [2.75, 3.05) is 5.32 Å². The Hall–Kier alpha value is -4.07. The lowest BCUT2D eigenvalue weighted by Gasteiger charge is -2.09. The van der Waals surface area contributed by atoms with Crippen LogP contribution in [-0.4, -0.2) is 24.4 Å². The highest BCUT2D eigenvalue weighted by atomic mass is 16.6. The number of aryl methyl sites for hydroxylation is 1. The predicted octanol–water partition coefficient (Wildman–Crippen LogP) is 4.29. The SMILES string of the molecule is Cc1ccc([N+](=O)[O-])cc1Nc1nccc(-c2ccc(-n3ccnc3)cc2)n1. The molecule has 2 heterocycles. The first kappa shape index (κ1) is 17.3. The number of nitro groups is 1. The molecule has 28 heavy (non-hydrogen) atoms. The van der Waals surface area contributed by atoms with Crippen LogP contribution in [0.5, 0.6) is 0 Å². The fourth-order valence-corrected chi connectivity index (χ4v) is 2.77. The van der Waals surface area contributed by atoms with Crippen molar-refractivity contribution >= 4 is 17.3 Å². The second-order valence-corrected chi connectivity index (χ2v) is 6.16. The van der Waals surface area contributed by atoms with E-state index in [0.717, 1.165) is 22.5 Å². The van der Waals surface area contributed by atoms with Gasteiger partial charge in [-0.3, -0.25) is 10.1 Å². The van der Waals surface area contributed by atoms with Crippen molar-refractivity contribution in [2.45, 2.75) is 6.92 Å². The first-order valence-electron chi connectivity index (χ1n) is 8.54. The maximum atomic E-state index is 11.0. The van der Waals surface area contributed by atoms with E-state index in [1.807, 2.05) is 48.0 Å². The maximum Gasteiger partial charge on any atom is 0.271 e. The van der Waals surface area contributed by atoms with Gasteiger partial charge in [0.15, 0.2) is 0 Å². The number of benzene rings is 2. The van der Waals surface area contributed by atoms with E-state index in [4.69, 9.17) is 0 Å². The summed E-state index contributed by atoms with van der Waals surface area (Å²) < 4.78 is 1.92. The van der Waals surface area contributed by atoms with Gasteiger partial charge in [-0.25, -0.2) is 15.0 Å². The summed E-state index contributed by atoms with van der Waals surface area (Å²) in [7, 11) is 0. The average molecular weight is 372 g/mol. The number of nitrogens with one attached hydrogen (secondary N) is 1. The highest BCUT2D eigenvalue weighted by molar-refractivity contribution is 5.65. The Morgan fingerprint density at radius 3 is 2.61 bits per heavy atom. The summed E-state index contributed by atoms with van der Waals surface area (Å²) in [6, 6.07) is 14.4. The van der Waals surface area contributed by atoms with Crippen molar-refractivity contribution in [1.29, 1.82) is 0 Å². The number of non-ortho nitro benzene ring substituents is 1. The number of imidazole rings is 1. The zero-order chi connectivity index (χ0) is 19.5. The predicted molar refractivity (Wildman–Crippen MR) is 106 cm³/mol. The van der Waals surface area contributed by atoms with Crippen LogP contribution in [0.4, 0.5) is 17.3 Å². The number of aromatic nitrogens is 4. The average Bonchev–Trinajstić information content (AvgIpc) is 3.25. The molecular formula is C20H16N6O2. The van der Waals surface area contributed by atoms with Gasteiger partial charge in [-0.15, -0.1) is 0 Å². The fourth-order valence-electron chi connectivity index (χ4n) is 2.77. The highest BCUT2D eigenvalue weighted by Gasteiger charge is 2.10. The molecule has 2 aromatic heterocycles. The van der Waals surface area contributed by atoms with Gasteiger partial charge in [-0.1, -0.05) is 18.2 Å². The van der Waals surface area contributed by atoms with Gasteiger partial charge in [0.1, 0.15) is 0 Å². The molecule has 8 heteroatoms. The zero-order valence-electron chi connectivity index (χ0n) is 15.0. The van der Waals surface area contributed by atoms with Crippen molar-refractivity contribution in [1.82, 2.24) is 19.5 Å². The van der Waals surface area contributed by atoms with E-state index in [2.05, 4.69) is 20.3 Å². The molecule has 0 unspecified atom stereocenters. The van der Waals surface area contributed by atoms with Gasteiger partial charge in [0, 0.05) is 42.0 Å². The molecule has 0 amide bonds. The Morgan fingerprint density at radius 2 is 1.89 bits per heavy atom. The molecule has 0 saturated carbocycles. The van der Waals surface area contributed by atoms with E-state index in [-0.39, 0.29) is 5.69 Å². The summed E-state index contributed by atoms with van der Waals surface area (Å²) in [5.74, 6) is 0.375. The Bertz CT molecular complexity index is 1120. The Labute approximate surface area is 160 Å². The lowest BCUT2D eigenvalue weighted by molar-refractivity contribution is -0.384. The molecule has 0 spiro atoms. The standard InChI is InChI=1S/C20H16N6O2/c1-14-2-5-17(26(27)28)12-19(14)24-20-22-9-8-18(23-20)15-3-6-16(7-4-15)25-11-10-21-13-25/h2-13H,1H3,(H,22,23,24). The summed E-state index contributed by atoms with van der Waals surface area (Å²) >= 11 is 0. The monoisotopic (exact) mass is 372 g/mol. The van der Waals surface area contributed by atoms with Gasteiger partial charge in [0.2, 0.25) is 5.95 Å². The molecule has 0 aliphatic carbocycles. The van der Waals surface area contributed by atoms with Crippen molar-refractivity contribution < 1.29 is 4.92 Å². The second kappa shape index (κ2) is 7.28. The first-order chi connectivity index (χ1) is 13.6. The Kier molecular flexibility index (Phi) is 4.51. The number of anilines is 2. The molecule has 0 radical (unpaired) electrons. The van der Waals surface area contributed by atoms with E-state index in [0.29, 0.717) is 11.6 Å². The molecule has 0 saturated heterocycles. The van der Waals surface area contributed by atoms with Crippen LogP contribution in [0.3, 0.4) is 0 Å². The molecule has 1 N–H and O–H groups in total. The van der Waals surface area contributed by atoms with Crippen molar-refractivity contribution in [3.63, 3.8) is 0 Å². The normalized spacial score (nSPS) is 10.6. The first-order valence-corrected chi connectivity index (χ1v) is 8.54. The summed E-state index contributed by atoms with van der Waals surface area (Å²) in [6.45, 7) is 1.87. The van der Waals surface area contributed by atoms with Crippen LogP contribution in [0, 0.1) is 17.0 Å². The van der Waals surface area contributed by atoms with E-state index in [1.54, 1.807) is 24.8 Å². The van der Waals surface area contributed by atoms with Crippen molar-refractivity contribution in [3.05, 3.63) is 89.1 Å². The summed E-state index contributed by atoms with van der Waals surface area (Å²) in [5.41, 5.74) is 4.16. The van der Waals surface area contributed by atoms with E-state index in [9.17, 15) is 10.1 Å². The third kappa shape index (κ3) is 3.56. The van der Waals surface area contributed by atoms with Crippen LogP contribution in [-0.2, 0) is 0 Å². The third-order valence-electron chi connectivity index (χ3n) is 4.30. The maximum absolute atomic E-state index is 11.0. The molecule has 4 rings (SSSR count). The van der Waals surface area contributed by atoms with E-state index in [1.165, 1.54) is 12.1 Å². The van der Waals surface area contributed by atoms with Crippen LogP contribution >= 0.6 is 0 Å². The van der Waals surface area contributed by atoms with E-state index >= 15 is 0 Å². The smallest absolute Gasteiger partial charge is 0.271 e. The van der Waals surface area contributed by atoms with Crippen LogP contribution < -0.4 is 5.32 Å². The summed E-state index contributed by atoms with van der Waals surface area (Å²) in [5, 5.41) is 14.1. The van der Waals surface area contributed by atoms with Gasteiger partial charge in [-0.2, -0.15) is 0 Å². The minimum atomic E-state index is -0.427. The lowest BCUT2D eigenvalue weighted by Crippen LogP contribution is -2.00. The molecule has 0 bridgehead atoms. The minimum absolute atomic E-state index is 0.0133. The Balaban J connectivity index is 1.60. The molecule has 4 aromatic rings. The topological polar surface area (TPSA) is 98.8 Å². The van der Waals surface area contributed by atoms with E-state index < -0.39 is 4.92 Å². The van der Waals surface area contributed by atoms with Crippen molar-refractivity contribution in [2.24, 2.45) is 0 Å². The fraction of sp³-hybridized carbons (Fsp3) is 0.0500. The third-order valence-corrected chi connectivity index (χ3v) is 4.30. The number of rotatable bonds is 5. The van der Waals surface area contributed by atoms with Gasteiger partial charge in [-0.05, 0) is 30.7 Å². The molecule has 0 aliphatic rings. The molecule has 2 aromatic carbocycles. The highest BCUT2D eigenvalue weighted by Crippen LogP contribution is 2.25. The van der Waals surface area contributed by atoms with Crippen LogP contribution in [0.1, 0.15) is 5.56 Å². The number of nitrogens with zero attached hydrogens (tertiary/aromatic N) is 5. The molecule has 138 valence electrons. The Morgan fingerprint density at radius 1 is 1.07 bits per heavy atom. The van der Waals surface area contributed by atoms with Gasteiger partial charge in [0.25, 0.3) is 5.69 Å². The summed E-state index contributed by atoms with van der Waals surface area (Å²) in [6.07, 6.45) is 7.00. The lowest BCUT2D eigenvalue weighted by atomic mass is 10.1. The van der Waals surface area contributed by atoms with Gasteiger partial charge < -0.3 is 9.88 Å². The molecule has 0 aliphatic heterocycles. The minimum Gasteiger partial charge on any atom is -0.324 e. The number of hydrogen-bond donors (Lipinski definition) is 1.